The standard InChI is InChI=1S/C20H24N4O4S/c25-17(21-14-10-8-13(9-11-14)19(27)28)12-16-18(26)22-20(29-16)24-23-15-6-4-2-1-3-5-7-15/h8-11,16H,1-7,12H2,(H,21,25)(H,27,28)(H,22,24,26)/p+1. The molecule has 0 bridgehead atoms. The van der Waals surface area contributed by atoms with Crippen LogP contribution in [-0.4, -0.2) is 44.1 Å². The second kappa shape index (κ2) is 10.2. The molecule has 1 aliphatic carbocycles. The lowest BCUT2D eigenvalue weighted by Gasteiger charge is -2.09. The van der Waals surface area contributed by atoms with Crippen molar-refractivity contribution in [1.82, 2.24) is 0 Å². The van der Waals surface area contributed by atoms with Gasteiger partial charge in [0.1, 0.15) is 5.25 Å². The summed E-state index contributed by atoms with van der Waals surface area (Å²) in [5.74, 6) is -1.17. The van der Waals surface area contributed by atoms with E-state index >= 15 is 0 Å². The Morgan fingerprint density at radius 2 is 1.76 bits per heavy atom. The van der Waals surface area contributed by atoms with E-state index in [1.807, 2.05) is 0 Å². The van der Waals surface area contributed by atoms with Gasteiger partial charge in [0.2, 0.25) is 11.1 Å². The van der Waals surface area contributed by atoms with Crippen molar-refractivity contribution >= 4 is 46.1 Å². The third kappa shape index (κ3) is 6.42. The maximum absolute atomic E-state index is 12.3. The van der Waals surface area contributed by atoms with E-state index in [0.29, 0.717) is 10.9 Å². The summed E-state index contributed by atoms with van der Waals surface area (Å²) in [4.78, 5) is 27.3. The van der Waals surface area contributed by atoms with Gasteiger partial charge in [0.05, 0.1) is 12.0 Å². The lowest BCUT2D eigenvalue weighted by atomic mass is 9.99. The Kier molecular flexibility index (Phi) is 7.40. The molecule has 9 heteroatoms. The number of nitrogens with one attached hydrogen (secondary N) is 1. The summed E-state index contributed by atoms with van der Waals surface area (Å²) in [5, 5.41) is 28.2. The molecule has 29 heavy (non-hydrogen) atoms. The smallest absolute Gasteiger partial charge is 0.347 e. The van der Waals surface area contributed by atoms with Crippen LogP contribution in [0.5, 0.6) is 0 Å². The predicted molar refractivity (Wildman–Crippen MR) is 116 cm³/mol. The summed E-state index contributed by atoms with van der Waals surface area (Å²) >= 11 is 1.28. The van der Waals surface area contributed by atoms with Crippen LogP contribution >= 0.6 is 11.8 Å². The van der Waals surface area contributed by atoms with Crippen molar-refractivity contribution in [2.45, 2.75) is 56.6 Å². The zero-order valence-corrected chi connectivity index (χ0v) is 16.9. The van der Waals surface area contributed by atoms with E-state index < -0.39 is 11.2 Å². The highest BCUT2D eigenvalue weighted by Crippen LogP contribution is 2.26. The Morgan fingerprint density at radius 1 is 1.10 bits per heavy atom. The molecule has 1 amide bonds. The Bertz CT molecular complexity index is 839. The second-order valence-corrected chi connectivity index (χ2v) is 8.22. The Morgan fingerprint density at radius 3 is 2.41 bits per heavy atom. The normalized spacial score (nSPS) is 21.2. The molecular formula is C20H25N4O4S+. The molecule has 2 aliphatic rings. The maximum Gasteiger partial charge on any atom is 0.347 e. The number of thioether (sulfide) groups is 1. The van der Waals surface area contributed by atoms with Crippen LogP contribution in [0.2, 0.25) is 0 Å². The summed E-state index contributed by atoms with van der Waals surface area (Å²) in [7, 11) is 0. The molecule has 0 radical (unpaired) electrons. The van der Waals surface area contributed by atoms with Gasteiger partial charge in [0, 0.05) is 11.4 Å². The summed E-state index contributed by atoms with van der Waals surface area (Å²) < 4.78 is 0. The number of hydrogen-bond donors (Lipinski definition) is 2. The Hall–Kier alpha value is -2.68. The van der Waals surface area contributed by atoms with Crippen LogP contribution in [0, 0.1) is 0 Å². The molecule has 1 aromatic carbocycles. The van der Waals surface area contributed by atoms with Crippen molar-refractivity contribution in [3.8, 4) is 0 Å². The molecule has 154 valence electrons. The largest absolute Gasteiger partial charge is 0.581 e. The minimum atomic E-state index is -1.02. The molecule has 0 aromatic heterocycles. The fourth-order valence-corrected chi connectivity index (χ4v) is 4.06. The lowest BCUT2D eigenvalue weighted by Crippen LogP contribution is -2.22. The second-order valence-electron chi connectivity index (χ2n) is 7.05. The summed E-state index contributed by atoms with van der Waals surface area (Å²) in [5.41, 5.74) is 1.75. The first-order chi connectivity index (χ1) is 14.0. The number of anilines is 1. The topological polar surface area (TPSA) is 126 Å². The molecule has 3 rings (SSSR count). The molecule has 1 heterocycles. The van der Waals surface area contributed by atoms with Gasteiger partial charge in [-0.1, -0.05) is 31.0 Å². The molecule has 8 nitrogen and oxygen atoms in total. The zero-order valence-electron chi connectivity index (χ0n) is 16.1. The van der Waals surface area contributed by atoms with E-state index in [1.54, 1.807) is 0 Å². The average molecular weight is 418 g/mol. The minimum Gasteiger partial charge on any atom is -0.581 e. The zero-order chi connectivity index (χ0) is 20.6. The first-order valence-corrected chi connectivity index (χ1v) is 10.6. The van der Waals surface area contributed by atoms with Gasteiger partial charge < -0.3 is 15.5 Å². The number of rotatable bonds is 5. The molecule has 1 aromatic rings. The number of nitrogens with zero attached hydrogens (tertiary/aromatic N) is 3. The molecular weight excluding hydrogens is 392 g/mol. The van der Waals surface area contributed by atoms with Crippen molar-refractivity contribution in [3.05, 3.63) is 29.8 Å². The fourth-order valence-electron chi connectivity index (χ4n) is 3.17. The number of carboxylic acids is 1. The van der Waals surface area contributed by atoms with Crippen LogP contribution in [0.3, 0.4) is 0 Å². The minimum absolute atomic E-state index is 0.0866. The first kappa shape index (κ1) is 21.0. The van der Waals surface area contributed by atoms with Gasteiger partial charge in [-0.2, -0.15) is 5.10 Å². The predicted octanol–water partition coefficient (Wildman–Crippen LogP) is 3.41. The summed E-state index contributed by atoms with van der Waals surface area (Å²) in [6.45, 7) is 0. The third-order valence-electron chi connectivity index (χ3n) is 4.76. The lowest BCUT2D eigenvalue weighted by molar-refractivity contribution is -0.116. The highest BCUT2D eigenvalue weighted by molar-refractivity contribution is 8.15. The van der Waals surface area contributed by atoms with Crippen LogP contribution in [0.1, 0.15) is 61.7 Å². The van der Waals surface area contributed by atoms with Crippen molar-refractivity contribution in [2.24, 2.45) is 15.2 Å². The van der Waals surface area contributed by atoms with E-state index in [0.717, 1.165) is 31.4 Å². The number of amides is 1. The molecule has 4 N–H and O–H groups in total. The molecule has 1 saturated carbocycles. The molecule has 0 spiro atoms. The van der Waals surface area contributed by atoms with Gasteiger partial charge in [-0.3, -0.25) is 4.79 Å². The number of aliphatic imine (C=N–C) groups is 1. The number of aromatic carboxylic acids is 1. The Labute approximate surface area is 173 Å². The molecule has 0 saturated heterocycles. The molecule has 1 fully saturated rings. The van der Waals surface area contributed by atoms with E-state index in [4.69, 9.17) is 10.2 Å². The van der Waals surface area contributed by atoms with Crippen molar-refractivity contribution in [3.63, 3.8) is 0 Å². The van der Waals surface area contributed by atoms with Gasteiger partial charge in [0.15, 0.2) is 0 Å². The van der Waals surface area contributed by atoms with E-state index in [-0.39, 0.29) is 23.8 Å². The van der Waals surface area contributed by atoms with Gasteiger partial charge in [-0.15, -0.1) is 10.1 Å². The Balaban J connectivity index is 1.53. The van der Waals surface area contributed by atoms with Crippen molar-refractivity contribution < 1.29 is 19.8 Å². The third-order valence-corrected chi connectivity index (χ3v) is 5.82. The number of carboxylic acid groups (broad SMARTS) is 1. The maximum atomic E-state index is 12.3. The first-order valence-electron chi connectivity index (χ1n) is 9.75. The summed E-state index contributed by atoms with van der Waals surface area (Å²) in [6, 6.07) is 5.94. The van der Waals surface area contributed by atoms with Crippen LogP contribution < -0.4 is 5.32 Å². The monoisotopic (exact) mass is 417 g/mol. The molecule has 1 unspecified atom stereocenters. The van der Waals surface area contributed by atoms with E-state index in [1.165, 1.54) is 55.3 Å². The van der Waals surface area contributed by atoms with Crippen molar-refractivity contribution in [2.75, 3.05) is 5.32 Å². The van der Waals surface area contributed by atoms with Crippen molar-refractivity contribution in [1.29, 1.82) is 0 Å². The highest BCUT2D eigenvalue weighted by atomic mass is 32.2. The number of carbonyl (C=O) groups excluding carboxylic acids is 1. The van der Waals surface area contributed by atoms with E-state index in [9.17, 15) is 9.59 Å². The average Bonchev–Trinajstić information content (AvgIpc) is 3.00. The van der Waals surface area contributed by atoms with Gasteiger partial charge >= 0.3 is 11.9 Å². The van der Waals surface area contributed by atoms with Gasteiger partial charge in [0.25, 0.3) is 0 Å². The molecule has 1 aliphatic heterocycles. The fraction of sp³-hybridized carbons (Fsp3) is 0.450. The quantitative estimate of drug-likeness (QED) is 0.562. The van der Waals surface area contributed by atoms with Gasteiger partial charge in [-0.25, -0.2) is 4.79 Å². The van der Waals surface area contributed by atoms with Crippen LogP contribution in [0.4, 0.5) is 5.69 Å². The van der Waals surface area contributed by atoms with Crippen LogP contribution in [0.15, 0.2) is 39.5 Å². The number of benzene rings is 1. The van der Waals surface area contributed by atoms with E-state index in [2.05, 4.69) is 20.5 Å². The molecule has 1 atom stereocenters. The number of carbonyl (C=O) groups is 2. The van der Waals surface area contributed by atoms with Crippen LogP contribution in [0.25, 0.3) is 0 Å². The number of amidine groups is 1. The number of hydrogen-bond acceptors (Lipinski definition) is 5. The highest BCUT2D eigenvalue weighted by Gasteiger charge is 2.33. The summed E-state index contributed by atoms with van der Waals surface area (Å²) in [6.07, 6.45) is 8.04. The SMILES string of the molecule is O=C(CC1S/C(=N\N=C2CCCCCCC2)N=C1[OH2+])Nc1ccc(C(=O)O)cc1. The van der Waals surface area contributed by atoms with Gasteiger partial charge in [-0.05, 0) is 49.9 Å². The van der Waals surface area contributed by atoms with Crippen LogP contribution in [-0.2, 0) is 4.79 Å².